The average Bonchev–Trinajstić information content (AvgIpc) is 2.56. The Morgan fingerprint density at radius 1 is 1.23 bits per heavy atom. The Hall–Kier alpha value is -1.41. The van der Waals surface area contributed by atoms with Crippen molar-refractivity contribution in [3.63, 3.8) is 0 Å². The first-order chi connectivity index (χ1) is 11.9. The zero-order valence-corrected chi connectivity index (χ0v) is 18.3. The topological polar surface area (TPSA) is 49.3 Å². The summed E-state index contributed by atoms with van der Waals surface area (Å²) in [5.41, 5.74) is 1.56. The summed E-state index contributed by atoms with van der Waals surface area (Å²) in [5.74, 6) is 0.288. The molecular weight excluding hydrogens is 466 g/mol. The third kappa shape index (κ3) is 7.45. The summed E-state index contributed by atoms with van der Waals surface area (Å²) in [6.07, 6.45) is 2.46. The second-order valence-electron chi connectivity index (χ2n) is 6.68. The van der Waals surface area contributed by atoms with Gasteiger partial charge in [0.05, 0.1) is 12.2 Å². The zero-order valence-electron chi connectivity index (χ0n) is 15.2. The van der Waals surface area contributed by atoms with Gasteiger partial charge in [0.15, 0.2) is 5.96 Å². The normalized spacial score (nSPS) is 11.7. The smallest absolute Gasteiger partial charge is 0.191 e. The van der Waals surface area contributed by atoms with Crippen molar-refractivity contribution in [2.45, 2.75) is 26.8 Å². The molecule has 0 saturated carbocycles. The number of guanidine groups is 1. The first kappa shape index (κ1) is 22.6. The van der Waals surface area contributed by atoms with Crippen LogP contribution in [0.2, 0.25) is 5.02 Å². The van der Waals surface area contributed by atoms with E-state index in [4.69, 9.17) is 11.6 Å². The minimum Gasteiger partial charge on any atom is -0.356 e. The molecule has 1 heterocycles. The molecule has 0 aliphatic rings. The van der Waals surface area contributed by atoms with Crippen molar-refractivity contribution in [1.82, 2.24) is 15.6 Å². The third-order valence-electron chi connectivity index (χ3n) is 3.79. The second-order valence-corrected chi connectivity index (χ2v) is 7.12. The van der Waals surface area contributed by atoms with Crippen LogP contribution in [0.4, 0.5) is 4.39 Å². The molecule has 0 bridgehead atoms. The number of nitrogens with zero attached hydrogens (tertiary/aromatic N) is 2. The Bertz CT molecular complexity index is 737. The molecule has 2 N–H and O–H groups in total. The molecule has 26 heavy (non-hydrogen) atoms. The molecule has 0 radical (unpaired) electrons. The van der Waals surface area contributed by atoms with Crippen molar-refractivity contribution < 1.29 is 4.39 Å². The fourth-order valence-corrected chi connectivity index (χ4v) is 2.73. The molecule has 0 unspecified atom stereocenters. The molecule has 4 nitrogen and oxygen atoms in total. The van der Waals surface area contributed by atoms with Crippen LogP contribution in [0.1, 0.15) is 25.1 Å². The zero-order chi connectivity index (χ0) is 18.3. The maximum absolute atomic E-state index is 13.6. The molecule has 0 saturated heterocycles. The fourth-order valence-electron chi connectivity index (χ4n) is 2.52. The van der Waals surface area contributed by atoms with Gasteiger partial charge in [-0.15, -0.1) is 24.0 Å². The van der Waals surface area contributed by atoms with Crippen molar-refractivity contribution in [2.75, 3.05) is 13.6 Å². The van der Waals surface area contributed by atoms with Crippen LogP contribution in [0.3, 0.4) is 0 Å². The van der Waals surface area contributed by atoms with Crippen molar-refractivity contribution in [3.8, 4) is 0 Å². The van der Waals surface area contributed by atoms with Crippen LogP contribution in [0.25, 0.3) is 0 Å². The predicted octanol–water partition coefficient (Wildman–Crippen LogP) is 4.43. The van der Waals surface area contributed by atoms with Gasteiger partial charge in [-0.3, -0.25) is 9.98 Å². The summed E-state index contributed by atoms with van der Waals surface area (Å²) < 4.78 is 13.6. The Morgan fingerprint density at radius 2 is 2.00 bits per heavy atom. The molecule has 0 amide bonds. The highest BCUT2D eigenvalue weighted by molar-refractivity contribution is 14.0. The molecule has 0 atom stereocenters. The fraction of sp³-hybridized carbons (Fsp3) is 0.368. The van der Waals surface area contributed by atoms with Gasteiger partial charge in [-0.25, -0.2) is 4.39 Å². The molecule has 2 rings (SSSR count). The predicted molar refractivity (Wildman–Crippen MR) is 117 cm³/mol. The quantitative estimate of drug-likeness (QED) is 0.358. The van der Waals surface area contributed by atoms with E-state index in [1.165, 1.54) is 11.6 Å². The van der Waals surface area contributed by atoms with E-state index in [9.17, 15) is 4.39 Å². The maximum Gasteiger partial charge on any atom is 0.191 e. The summed E-state index contributed by atoms with van der Waals surface area (Å²) in [6.45, 7) is 5.34. The van der Waals surface area contributed by atoms with Gasteiger partial charge in [-0.1, -0.05) is 37.6 Å². The molecule has 1 aromatic carbocycles. The molecule has 0 fully saturated rings. The number of halogens is 3. The lowest BCUT2D eigenvalue weighted by molar-refractivity contribution is 0.359. The molecular formula is C19H25ClFIN4. The van der Waals surface area contributed by atoms with Gasteiger partial charge >= 0.3 is 0 Å². The number of aliphatic imine (C=N–C) groups is 1. The molecule has 2 aromatic rings. The first-order valence-electron chi connectivity index (χ1n) is 8.18. The van der Waals surface area contributed by atoms with E-state index in [0.29, 0.717) is 18.2 Å². The van der Waals surface area contributed by atoms with Gasteiger partial charge in [0, 0.05) is 24.8 Å². The van der Waals surface area contributed by atoms with Crippen molar-refractivity contribution >= 4 is 41.5 Å². The van der Waals surface area contributed by atoms with Gasteiger partial charge in [-0.05, 0) is 41.7 Å². The number of nitrogens with one attached hydrogen (secondary N) is 2. The number of rotatable bonds is 6. The van der Waals surface area contributed by atoms with Crippen LogP contribution < -0.4 is 10.6 Å². The highest BCUT2D eigenvalue weighted by Crippen LogP contribution is 2.22. The van der Waals surface area contributed by atoms with Gasteiger partial charge in [0.1, 0.15) is 5.82 Å². The van der Waals surface area contributed by atoms with Gasteiger partial charge < -0.3 is 10.6 Å². The Balaban J connectivity index is 0.00000338. The van der Waals surface area contributed by atoms with Crippen LogP contribution in [0.15, 0.2) is 47.6 Å². The Labute approximate surface area is 176 Å². The summed E-state index contributed by atoms with van der Waals surface area (Å²) in [7, 11) is 1.69. The van der Waals surface area contributed by atoms with Crippen molar-refractivity contribution in [3.05, 3.63) is 64.7 Å². The largest absolute Gasteiger partial charge is 0.356 e. The first-order valence-corrected chi connectivity index (χ1v) is 8.56. The lowest BCUT2D eigenvalue weighted by Crippen LogP contribution is -2.42. The van der Waals surface area contributed by atoms with E-state index >= 15 is 0 Å². The van der Waals surface area contributed by atoms with E-state index in [1.807, 2.05) is 18.2 Å². The minimum atomic E-state index is -0.327. The van der Waals surface area contributed by atoms with Crippen molar-refractivity contribution in [2.24, 2.45) is 10.4 Å². The van der Waals surface area contributed by atoms with E-state index in [2.05, 4.69) is 40.5 Å². The number of aromatic nitrogens is 1. The van der Waals surface area contributed by atoms with E-state index < -0.39 is 0 Å². The molecule has 7 heteroatoms. The lowest BCUT2D eigenvalue weighted by Gasteiger charge is -2.26. The monoisotopic (exact) mass is 490 g/mol. The summed E-state index contributed by atoms with van der Waals surface area (Å²) in [4.78, 5) is 8.20. The van der Waals surface area contributed by atoms with Gasteiger partial charge in [0.2, 0.25) is 0 Å². The Morgan fingerprint density at radius 3 is 2.65 bits per heavy atom. The molecule has 1 aromatic heterocycles. The van der Waals surface area contributed by atoms with Crippen LogP contribution in [0, 0.1) is 11.2 Å². The van der Waals surface area contributed by atoms with Crippen LogP contribution >= 0.6 is 35.6 Å². The van der Waals surface area contributed by atoms with Crippen molar-refractivity contribution in [1.29, 1.82) is 0 Å². The third-order valence-corrected chi connectivity index (χ3v) is 4.02. The Kier molecular flexibility index (Phi) is 9.29. The van der Waals surface area contributed by atoms with Crippen LogP contribution in [-0.2, 0) is 13.0 Å². The van der Waals surface area contributed by atoms with E-state index in [-0.39, 0.29) is 41.8 Å². The lowest BCUT2D eigenvalue weighted by atomic mass is 9.86. The second kappa shape index (κ2) is 10.7. The number of pyridine rings is 1. The van der Waals surface area contributed by atoms with Crippen LogP contribution in [-0.4, -0.2) is 24.5 Å². The van der Waals surface area contributed by atoms with Gasteiger partial charge in [0.25, 0.3) is 0 Å². The molecule has 0 spiro atoms. The maximum atomic E-state index is 13.6. The molecule has 0 aliphatic heterocycles. The highest BCUT2D eigenvalue weighted by atomic mass is 127. The number of benzene rings is 1. The SMILES string of the molecule is CN=C(NCc1ncccc1F)NCC(C)(C)Cc1cccc(Cl)c1.I. The summed E-state index contributed by atoms with van der Waals surface area (Å²) in [5, 5.41) is 7.12. The van der Waals surface area contributed by atoms with E-state index in [0.717, 1.165) is 11.4 Å². The number of hydrogen-bond acceptors (Lipinski definition) is 2. The number of hydrogen-bond donors (Lipinski definition) is 2. The van der Waals surface area contributed by atoms with Gasteiger partial charge in [-0.2, -0.15) is 0 Å². The highest BCUT2D eigenvalue weighted by Gasteiger charge is 2.19. The standard InChI is InChI=1S/C19H24ClFN4.HI/c1-19(2,11-14-6-4-7-15(20)10-14)13-25-18(22-3)24-12-17-16(21)8-5-9-23-17;/h4-10H,11-13H2,1-3H3,(H2,22,24,25);1H. The molecule has 0 aliphatic carbocycles. The minimum absolute atomic E-state index is 0. The summed E-state index contributed by atoms with van der Waals surface area (Å²) in [6, 6.07) is 10.9. The van der Waals surface area contributed by atoms with Crippen LogP contribution in [0.5, 0.6) is 0 Å². The van der Waals surface area contributed by atoms with E-state index in [1.54, 1.807) is 19.3 Å². The molecule has 142 valence electrons. The average molecular weight is 491 g/mol. The summed E-state index contributed by atoms with van der Waals surface area (Å²) >= 11 is 6.05.